The van der Waals surface area contributed by atoms with E-state index in [1.165, 1.54) is 6.07 Å². The summed E-state index contributed by atoms with van der Waals surface area (Å²) >= 11 is 0. The molecule has 2 saturated heterocycles. The Bertz CT molecular complexity index is 1190. The molecule has 2 fully saturated rings. The van der Waals surface area contributed by atoms with Crippen LogP contribution in [0.25, 0.3) is 0 Å². The molecule has 8 heteroatoms. The zero-order valence-corrected chi connectivity index (χ0v) is 17.9. The Hall–Kier alpha value is -3.55. The van der Waals surface area contributed by atoms with Crippen molar-refractivity contribution in [2.24, 2.45) is 5.92 Å². The first kappa shape index (κ1) is 20.4. The van der Waals surface area contributed by atoms with E-state index in [1.807, 2.05) is 18.2 Å². The molecule has 0 radical (unpaired) electrons. The Morgan fingerprint density at radius 1 is 1.00 bits per heavy atom. The van der Waals surface area contributed by atoms with Gasteiger partial charge in [-0.05, 0) is 43.7 Å². The molecule has 2 amide bonds. The lowest BCUT2D eigenvalue weighted by Crippen LogP contribution is -2.41. The molecule has 0 saturated carbocycles. The molecule has 2 aliphatic rings. The van der Waals surface area contributed by atoms with Crippen molar-refractivity contribution < 1.29 is 18.5 Å². The third kappa shape index (κ3) is 3.26. The van der Waals surface area contributed by atoms with E-state index in [1.54, 1.807) is 47.9 Å². The number of halogens is 1. The van der Waals surface area contributed by atoms with E-state index in [0.717, 1.165) is 0 Å². The van der Waals surface area contributed by atoms with Crippen molar-refractivity contribution in [3.05, 3.63) is 82.8 Å². The summed E-state index contributed by atoms with van der Waals surface area (Å²) < 4.78 is 19.6. The van der Waals surface area contributed by atoms with Gasteiger partial charge in [-0.15, -0.1) is 0 Å². The Morgan fingerprint density at radius 3 is 2.25 bits per heavy atom. The lowest BCUT2D eigenvalue weighted by Gasteiger charge is -2.26. The van der Waals surface area contributed by atoms with Crippen LogP contribution < -0.4 is 0 Å². The van der Waals surface area contributed by atoms with Gasteiger partial charge in [-0.3, -0.25) is 9.59 Å². The molecular weight excluding hydrogens is 411 g/mol. The van der Waals surface area contributed by atoms with Crippen LogP contribution in [0.3, 0.4) is 0 Å². The number of hydrogen-bond acceptors (Lipinski definition) is 5. The lowest BCUT2D eigenvalue weighted by molar-refractivity contribution is 0.0727. The van der Waals surface area contributed by atoms with Crippen molar-refractivity contribution in [1.82, 2.24) is 19.9 Å². The Kier molecular flexibility index (Phi) is 4.80. The number of benzene rings is 2. The second-order valence-electron chi connectivity index (χ2n) is 8.70. The van der Waals surface area contributed by atoms with Gasteiger partial charge in [-0.2, -0.15) is 4.98 Å². The fourth-order valence-electron chi connectivity index (χ4n) is 4.85. The number of carbonyl (C=O) groups excluding carboxylic acids is 2. The van der Waals surface area contributed by atoms with Gasteiger partial charge in [0.1, 0.15) is 5.82 Å². The van der Waals surface area contributed by atoms with E-state index in [2.05, 4.69) is 10.1 Å². The fraction of sp³-hybridized carbons (Fsp3) is 0.333. The minimum absolute atomic E-state index is 0.0609. The highest BCUT2D eigenvalue weighted by Gasteiger charge is 2.58. The summed E-state index contributed by atoms with van der Waals surface area (Å²) in [4.78, 5) is 34.2. The summed E-state index contributed by atoms with van der Waals surface area (Å²) in [6.45, 7) is 5.00. The molecule has 0 spiro atoms. The second kappa shape index (κ2) is 7.55. The third-order valence-corrected chi connectivity index (χ3v) is 6.58. The maximum absolute atomic E-state index is 14.1. The molecule has 0 aliphatic carbocycles. The van der Waals surface area contributed by atoms with Crippen LogP contribution in [-0.2, 0) is 5.41 Å². The maximum Gasteiger partial charge on any atom is 0.254 e. The Morgan fingerprint density at radius 2 is 1.66 bits per heavy atom. The van der Waals surface area contributed by atoms with Crippen LogP contribution >= 0.6 is 0 Å². The zero-order chi connectivity index (χ0) is 22.5. The number of carbonyl (C=O) groups is 2. The molecule has 1 aromatic heterocycles. The van der Waals surface area contributed by atoms with Crippen LogP contribution in [-0.4, -0.2) is 57.9 Å². The average Bonchev–Trinajstić information content (AvgIpc) is 3.48. The van der Waals surface area contributed by atoms with Gasteiger partial charge in [0.2, 0.25) is 5.89 Å². The van der Waals surface area contributed by atoms with E-state index in [0.29, 0.717) is 54.6 Å². The number of hydrogen-bond donors (Lipinski definition) is 0. The molecule has 0 N–H and O–H groups in total. The van der Waals surface area contributed by atoms with Crippen molar-refractivity contribution >= 4 is 11.8 Å². The largest absolute Gasteiger partial charge is 0.339 e. The summed E-state index contributed by atoms with van der Waals surface area (Å²) in [5.74, 6) is 0.176. The highest BCUT2D eigenvalue weighted by atomic mass is 19.1. The van der Waals surface area contributed by atoms with E-state index in [-0.39, 0.29) is 17.7 Å². The van der Waals surface area contributed by atoms with Crippen LogP contribution in [0.2, 0.25) is 0 Å². The van der Waals surface area contributed by atoms with Crippen LogP contribution in [0.4, 0.5) is 4.39 Å². The van der Waals surface area contributed by atoms with E-state index >= 15 is 0 Å². The van der Waals surface area contributed by atoms with Crippen molar-refractivity contribution in [2.75, 3.05) is 26.2 Å². The van der Waals surface area contributed by atoms with Crippen LogP contribution in [0.15, 0.2) is 53.1 Å². The maximum atomic E-state index is 14.1. The summed E-state index contributed by atoms with van der Waals surface area (Å²) in [5.41, 5.74) is 0.771. The van der Waals surface area contributed by atoms with Crippen LogP contribution in [0.5, 0.6) is 0 Å². The van der Waals surface area contributed by atoms with Gasteiger partial charge in [-0.1, -0.05) is 29.4 Å². The van der Waals surface area contributed by atoms with Gasteiger partial charge in [0.15, 0.2) is 5.82 Å². The fourth-order valence-corrected chi connectivity index (χ4v) is 4.85. The SMILES string of the molecule is Cc1noc([C@@]23CN(C(=O)c4ccccc4)C[C@@H]2CN(C(=O)c2ccc(C)c(F)c2)C3)n1. The minimum atomic E-state index is -0.648. The van der Waals surface area contributed by atoms with Gasteiger partial charge < -0.3 is 14.3 Å². The highest BCUT2D eigenvalue weighted by Crippen LogP contribution is 2.45. The molecule has 0 bridgehead atoms. The third-order valence-electron chi connectivity index (χ3n) is 6.58. The first-order chi connectivity index (χ1) is 15.4. The standard InChI is InChI=1S/C24H23FN4O3/c1-15-8-9-18(10-20(15)25)22(31)29-12-19-11-28(21(30)17-6-4-3-5-7-17)13-24(19,14-29)23-26-16(2)27-32-23/h3-10,19H,11-14H2,1-2H3/t19-,24-/m1/s1. The summed E-state index contributed by atoms with van der Waals surface area (Å²) in [7, 11) is 0. The predicted molar refractivity (Wildman–Crippen MR) is 114 cm³/mol. The van der Waals surface area contributed by atoms with Gasteiger partial charge >= 0.3 is 0 Å². The molecule has 2 atom stereocenters. The Labute approximate surface area is 184 Å². The minimum Gasteiger partial charge on any atom is -0.339 e. The summed E-state index contributed by atoms with van der Waals surface area (Å²) in [6, 6.07) is 13.7. The molecule has 0 unspecified atom stereocenters. The highest BCUT2D eigenvalue weighted by molar-refractivity contribution is 5.96. The normalized spacial score (nSPS) is 22.3. The van der Waals surface area contributed by atoms with Crippen molar-refractivity contribution in [1.29, 1.82) is 0 Å². The first-order valence-corrected chi connectivity index (χ1v) is 10.6. The second-order valence-corrected chi connectivity index (χ2v) is 8.70. The quantitative estimate of drug-likeness (QED) is 0.633. The van der Waals surface area contributed by atoms with Crippen LogP contribution in [0, 0.1) is 25.6 Å². The van der Waals surface area contributed by atoms with E-state index in [9.17, 15) is 14.0 Å². The molecule has 7 nitrogen and oxygen atoms in total. The number of amides is 2. The number of nitrogens with zero attached hydrogens (tertiary/aromatic N) is 4. The average molecular weight is 434 g/mol. The molecule has 2 aromatic carbocycles. The lowest BCUT2D eigenvalue weighted by atomic mass is 9.81. The summed E-state index contributed by atoms with van der Waals surface area (Å²) in [5, 5.41) is 3.95. The number of likely N-dealkylation sites (tertiary alicyclic amines) is 2. The summed E-state index contributed by atoms with van der Waals surface area (Å²) in [6.07, 6.45) is 0. The number of aryl methyl sites for hydroxylation is 2. The van der Waals surface area contributed by atoms with Gasteiger partial charge in [0.25, 0.3) is 11.8 Å². The number of rotatable bonds is 3. The molecule has 3 heterocycles. The number of aromatic nitrogens is 2. The molecule has 5 rings (SSSR count). The smallest absolute Gasteiger partial charge is 0.254 e. The zero-order valence-electron chi connectivity index (χ0n) is 17.9. The first-order valence-electron chi connectivity index (χ1n) is 10.6. The van der Waals surface area contributed by atoms with Gasteiger partial charge in [-0.25, -0.2) is 4.39 Å². The molecule has 164 valence electrons. The molecular formula is C24H23FN4O3. The van der Waals surface area contributed by atoms with Gasteiger partial charge in [0.05, 0.1) is 5.41 Å². The molecule has 32 heavy (non-hydrogen) atoms. The van der Waals surface area contributed by atoms with E-state index < -0.39 is 11.2 Å². The molecule has 2 aliphatic heterocycles. The van der Waals surface area contributed by atoms with Gasteiger partial charge in [0, 0.05) is 43.2 Å². The topological polar surface area (TPSA) is 79.5 Å². The van der Waals surface area contributed by atoms with Crippen LogP contribution in [0.1, 0.15) is 38.0 Å². The monoisotopic (exact) mass is 434 g/mol. The van der Waals surface area contributed by atoms with Crippen molar-refractivity contribution in [2.45, 2.75) is 19.3 Å². The van der Waals surface area contributed by atoms with Crippen molar-refractivity contribution in [3.8, 4) is 0 Å². The number of fused-ring (bicyclic) bond motifs is 1. The molecule has 3 aromatic rings. The Balaban J connectivity index is 1.45. The van der Waals surface area contributed by atoms with E-state index in [4.69, 9.17) is 4.52 Å². The predicted octanol–water partition coefficient (Wildman–Crippen LogP) is 2.99. The van der Waals surface area contributed by atoms with Crippen molar-refractivity contribution in [3.63, 3.8) is 0 Å².